The second-order valence-corrected chi connectivity index (χ2v) is 3.75. The number of rotatable bonds is 2. The summed E-state index contributed by atoms with van der Waals surface area (Å²) in [5.41, 5.74) is 3.33. The van der Waals surface area contributed by atoms with Gasteiger partial charge >= 0.3 is 0 Å². The average Bonchev–Trinajstić information content (AvgIpc) is 2.20. The van der Waals surface area contributed by atoms with Gasteiger partial charge in [-0.25, -0.2) is 0 Å². The van der Waals surface area contributed by atoms with E-state index in [9.17, 15) is 4.79 Å². The van der Waals surface area contributed by atoms with Crippen LogP contribution in [0.2, 0.25) is 0 Å². The first kappa shape index (κ1) is 9.25. The predicted octanol–water partition coefficient (Wildman–Crippen LogP) is 1.93. The molecular weight excluding hydrogens is 174 g/mol. The molecule has 1 N–H and O–H groups in total. The quantitative estimate of drug-likeness (QED) is 0.756. The van der Waals surface area contributed by atoms with E-state index >= 15 is 0 Å². The molecule has 0 aromatic heterocycles. The van der Waals surface area contributed by atoms with Crippen molar-refractivity contribution in [3.05, 3.63) is 34.9 Å². The van der Waals surface area contributed by atoms with Crippen LogP contribution < -0.4 is 5.32 Å². The molecule has 2 nitrogen and oxygen atoms in total. The van der Waals surface area contributed by atoms with Crippen LogP contribution >= 0.6 is 0 Å². The smallest absolute Gasteiger partial charge is 0.251 e. The third-order valence-corrected chi connectivity index (χ3v) is 2.64. The lowest BCUT2D eigenvalue weighted by molar-refractivity contribution is 0.0946. The number of hydrogen-bond acceptors (Lipinski definition) is 1. The molecule has 0 bridgehead atoms. The Morgan fingerprint density at radius 2 is 2.29 bits per heavy atom. The van der Waals surface area contributed by atoms with Crippen LogP contribution in [-0.4, -0.2) is 12.5 Å². The van der Waals surface area contributed by atoms with Gasteiger partial charge < -0.3 is 5.32 Å². The van der Waals surface area contributed by atoms with Crippen molar-refractivity contribution in [1.82, 2.24) is 5.32 Å². The van der Waals surface area contributed by atoms with Crippen LogP contribution in [0.15, 0.2) is 18.2 Å². The summed E-state index contributed by atoms with van der Waals surface area (Å²) >= 11 is 0. The first-order valence-corrected chi connectivity index (χ1v) is 5.21. The number of nitrogens with one attached hydrogen (secondary N) is 1. The molecule has 14 heavy (non-hydrogen) atoms. The third-order valence-electron chi connectivity index (χ3n) is 2.64. The van der Waals surface area contributed by atoms with Crippen LogP contribution in [0.1, 0.15) is 34.8 Å². The summed E-state index contributed by atoms with van der Waals surface area (Å²) in [5, 5.41) is 2.87. The van der Waals surface area contributed by atoms with Gasteiger partial charge in [0.25, 0.3) is 5.91 Å². The minimum absolute atomic E-state index is 0.0872. The maximum atomic E-state index is 11.5. The Hall–Kier alpha value is -1.31. The van der Waals surface area contributed by atoms with Crippen molar-refractivity contribution in [3.8, 4) is 0 Å². The first-order chi connectivity index (χ1) is 6.81. The number of amides is 1. The Balaban J connectivity index is 2.36. The molecule has 1 aromatic rings. The van der Waals surface area contributed by atoms with Gasteiger partial charge in [0.2, 0.25) is 0 Å². The first-order valence-electron chi connectivity index (χ1n) is 5.21. The summed E-state index contributed by atoms with van der Waals surface area (Å²) < 4.78 is 0. The number of hydrogen-bond donors (Lipinski definition) is 1. The second kappa shape index (κ2) is 3.82. The van der Waals surface area contributed by atoms with Crippen molar-refractivity contribution in [1.29, 1.82) is 0 Å². The molecule has 0 unspecified atom stereocenters. The number of carbonyl (C=O) groups excluding carboxylic acids is 1. The zero-order valence-corrected chi connectivity index (χ0v) is 8.47. The van der Waals surface area contributed by atoms with Crippen molar-refractivity contribution < 1.29 is 4.79 Å². The molecule has 1 heterocycles. The summed E-state index contributed by atoms with van der Waals surface area (Å²) in [4.78, 5) is 11.5. The van der Waals surface area contributed by atoms with E-state index in [4.69, 9.17) is 0 Å². The van der Waals surface area contributed by atoms with Gasteiger partial charge in [0, 0.05) is 12.1 Å². The molecule has 0 atom stereocenters. The lowest BCUT2D eigenvalue weighted by atomic mass is 9.96. The number of fused-ring (bicyclic) bond motifs is 1. The largest absolute Gasteiger partial charge is 0.352 e. The molecule has 1 aliphatic rings. The standard InChI is InChI=1S/C12H15NO/c1-2-3-9-4-5-10-6-7-13-12(14)11(10)8-9/h4-5,8H,2-3,6-7H2,1H3,(H,13,14). The van der Waals surface area contributed by atoms with Crippen LogP contribution in [0, 0.1) is 0 Å². The molecule has 74 valence electrons. The minimum atomic E-state index is 0.0872. The average molecular weight is 189 g/mol. The van der Waals surface area contributed by atoms with E-state index in [-0.39, 0.29) is 5.91 Å². The van der Waals surface area contributed by atoms with Gasteiger partial charge in [0.05, 0.1) is 0 Å². The van der Waals surface area contributed by atoms with Crippen molar-refractivity contribution >= 4 is 5.91 Å². The topological polar surface area (TPSA) is 29.1 Å². The lowest BCUT2D eigenvalue weighted by Crippen LogP contribution is -2.31. The summed E-state index contributed by atoms with van der Waals surface area (Å²) in [6, 6.07) is 6.27. The molecule has 2 heteroatoms. The highest BCUT2D eigenvalue weighted by molar-refractivity contribution is 5.96. The van der Waals surface area contributed by atoms with Gasteiger partial charge in [-0.1, -0.05) is 25.5 Å². The predicted molar refractivity (Wildman–Crippen MR) is 56.5 cm³/mol. The monoisotopic (exact) mass is 189 g/mol. The summed E-state index contributed by atoms with van der Waals surface area (Å²) in [5.74, 6) is 0.0872. The van der Waals surface area contributed by atoms with Crippen LogP contribution in [0.3, 0.4) is 0 Å². The Labute approximate surface area is 84.3 Å². The molecule has 0 saturated carbocycles. The van der Waals surface area contributed by atoms with E-state index in [1.807, 2.05) is 6.07 Å². The summed E-state index contributed by atoms with van der Waals surface area (Å²) in [7, 11) is 0. The van der Waals surface area contributed by atoms with Gasteiger partial charge in [-0.2, -0.15) is 0 Å². The highest BCUT2D eigenvalue weighted by Crippen LogP contribution is 2.16. The number of benzene rings is 1. The van der Waals surface area contributed by atoms with Crippen molar-refractivity contribution in [2.45, 2.75) is 26.2 Å². The number of carbonyl (C=O) groups is 1. The maximum absolute atomic E-state index is 11.5. The van der Waals surface area contributed by atoms with Gasteiger partial charge in [-0.3, -0.25) is 4.79 Å². The SMILES string of the molecule is CCCc1ccc2c(c1)C(=O)NCC2. The van der Waals surface area contributed by atoms with E-state index in [2.05, 4.69) is 24.4 Å². The Bertz CT molecular complexity index is 357. The molecule has 1 aliphatic heterocycles. The summed E-state index contributed by atoms with van der Waals surface area (Å²) in [6.07, 6.45) is 3.15. The zero-order valence-electron chi connectivity index (χ0n) is 8.47. The third kappa shape index (κ3) is 1.65. The van der Waals surface area contributed by atoms with Crippen molar-refractivity contribution in [3.63, 3.8) is 0 Å². The van der Waals surface area contributed by atoms with Crippen LogP contribution in [0.5, 0.6) is 0 Å². The molecule has 1 aromatic carbocycles. The zero-order chi connectivity index (χ0) is 9.97. The fourth-order valence-electron chi connectivity index (χ4n) is 1.90. The molecule has 0 radical (unpaired) electrons. The van der Waals surface area contributed by atoms with E-state index in [1.54, 1.807) is 0 Å². The van der Waals surface area contributed by atoms with E-state index in [0.717, 1.165) is 31.4 Å². The lowest BCUT2D eigenvalue weighted by Gasteiger charge is -2.16. The van der Waals surface area contributed by atoms with Crippen LogP contribution in [0.4, 0.5) is 0 Å². The molecule has 1 amide bonds. The van der Waals surface area contributed by atoms with Gasteiger partial charge in [-0.15, -0.1) is 0 Å². The molecular formula is C12H15NO. The Kier molecular flexibility index (Phi) is 2.53. The highest BCUT2D eigenvalue weighted by Gasteiger charge is 2.15. The molecule has 0 saturated heterocycles. The minimum Gasteiger partial charge on any atom is -0.352 e. The second-order valence-electron chi connectivity index (χ2n) is 3.75. The van der Waals surface area contributed by atoms with Crippen LogP contribution in [-0.2, 0) is 12.8 Å². The maximum Gasteiger partial charge on any atom is 0.251 e. The normalized spacial score (nSPS) is 14.8. The molecule has 0 spiro atoms. The summed E-state index contributed by atoms with van der Waals surface area (Å²) in [6.45, 7) is 2.93. The molecule has 2 rings (SSSR count). The van der Waals surface area contributed by atoms with E-state index < -0.39 is 0 Å². The van der Waals surface area contributed by atoms with Gasteiger partial charge in [0.1, 0.15) is 0 Å². The molecule has 0 fully saturated rings. The van der Waals surface area contributed by atoms with E-state index in [0.29, 0.717) is 0 Å². The Morgan fingerprint density at radius 3 is 3.07 bits per heavy atom. The van der Waals surface area contributed by atoms with Gasteiger partial charge in [0.15, 0.2) is 0 Å². The van der Waals surface area contributed by atoms with Crippen LogP contribution in [0.25, 0.3) is 0 Å². The van der Waals surface area contributed by atoms with Crippen molar-refractivity contribution in [2.75, 3.05) is 6.54 Å². The number of aryl methyl sites for hydroxylation is 1. The van der Waals surface area contributed by atoms with Gasteiger partial charge in [-0.05, 0) is 30.0 Å². The fraction of sp³-hybridized carbons (Fsp3) is 0.417. The van der Waals surface area contributed by atoms with E-state index in [1.165, 1.54) is 11.1 Å². The fourth-order valence-corrected chi connectivity index (χ4v) is 1.90. The Morgan fingerprint density at radius 1 is 1.43 bits per heavy atom. The highest BCUT2D eigenvalue weighted by atomic mass is 16.1. The molecule has 0 aliphatic carbocycles. The van der Waals surface area contributed by atoms with Crippen molar-refractivity contribution in [2.24, 2.45) is 0 Å².